The third-order valence-corrected chi connectivity index (χ3v) is 5.24. The molecule has 1 N–H and O–H groups in total. The Labute approximate surface area is 158 Å². The van der Waals surface area contributed by atoms with Crippen LogP contribution < -0.4 is 5.32 Å². The lowest BCUT2D eigenvalue weighted by Gasteiger charge is -2.33. The van der Waals surface area contributed by atoms with Gasteiger partial charge in [-0.3, -0.25) is 4.90 Å². The maximum Gasteiger partial charge on any atom is 0.133 e. The fourth-order valence-corrected chi connectivity index (χ4v) is 4.05. The van der Waals surface area contributed by atoms with Crippen molar-refractivity contribution in [1.29, 1.82) is 0 Å². The average molecular weight is 377 g/mol. The van der Waals surface area contributed by atoms with E-state index in [-0.39, 0.29) is 0 Å². The summed E-state index contributed by atoms with van der Waals surface area (Å²) in [6.45, 7) is 2.96. The summed E-state index contributed by atoms with van der Waals surface area (Å²) < 4.78 is 0. The van der Waals surface area contributed by atoms with Crippen molar-refractivity contribution in [2.45, 2.75) is 44.2 Å². The standard InChI is InChI=1S/C19H22Cl2N4/c20-15-8-13(9-16(21)10-15)11-25-7-1-2-17(12-25)23-18-5-6-22-19(24-18)14-3-4-14/h5-6,8-10,14,17H,1-4,7,11-12H2,(H,22,23,24). The highest BCUT2D eigenvalue weighted by Gasteiger charge is 2.27. The van der Waals surface area contributed by atoms with Crippen molar-refractivity contribution in [3.05, 3.63) is 51.9 Å². The van der Waals surface area contributed by atoms with Gasteiger partial charge in [-0.15, -0.1) is 0 Å². The molecule has 1 saturated carbocycles. The van der Waals surface area contributed by atoms with Crippen molar-refractivity contribution in [1.82, 2.24) is 14.9 Å². The molecule has 0 amide bonds. The van der Waals surface area contributed by atoms with E-state index in [9.17, 15) is 0 Å². The molecule has 0 spiro atoms. The third-order valence-electron chi connectivity index (χ3n) is 4.80. The molecule has 1 aromatic heterocycles. The van der Waals surface area contributed by atoms with Crippen LogP contribution in [0, 0.1) is 0 Å². The first-order valence-electron chi connectivity index (χ1n) is 8.92. The molecule has 6 heteroatoms. The van der Waals surface area contributed by atoms with Crippen LogP contribution in [0.4, 0.5) is 5.82 Å². The minimum Gasteiger partial charge on any atom is -0.366 e. The second-order valence-electron chi connectivity index (χ2n) is 7.07. The summed E-state index contributed by atoms with van der Waals surface area (Å²) in [7, 11) is 0. The number of likely N-dealkylation sites (tertiary alicyclic amines) is 1. The van der Waals surface area contributed by atoms with Crippen LogP contribution in [0.2, 0.25) is 10.0 Å². The highest BCUT2D eigenvalue weighted by atomic mass is 35.5. The number of benzene rings is 1. The van der Waals surface area contributed by atoms with Crippen LogP contribution in [0.5, 0.6) is 0 Å². The van der Waals surface area contributed by atoms with Crippen molar-refractivity contribution in [2.24, 2.45) is 0 Å². The molecule has 1 unspecified atom stereocenters. The van der Waals surface area contributed by atoms with Gasteiger partial charge in [-0.05, 0) is 62.1 Å². The first kappa shape index (κ1) is 17.1. The lowest BCUT2D eigenvalue weighted by molar-refractivity contribution is 0.208. The van der Waals surface area contributed by atoms with E-state index in [0.717, 1.165) is 43.3 Å². The molecule has 2 aromatic rings. The Morgan fingerprint density at radius 2 is 1.92 bits per heavy atom. The maximum absolute atomic E-state index is 6.12. The number of anilines is 1. The molecule has 1 aliphatic heterocycles. The lowest BCUT2D eigenvalue weighted by atomic mass is 10.0. The van der Waals surface area contributed by atoms with Crippen molar-refractivity contribution in [3.8, 4) is 0 Å². The topological polar surface area (TPSA) is 41.0 Å². The van der Waals surface area contributed by atoms with Gasteiger partial charge in [0, 0.05) is 41.3 Å². The van der Waals surface area contributed by atoms with E-state index in [0.29, 0.717) is 22.0 Å². The van der Waals surface area contributed by atoms with Crippen molar-refractivity contribution in [2.75, 3.05) is 18.4 Å². The Bertz CT molecular complexity index is 728. The zero-order valence-electron chi connectivity index (χ0n) is 14.1. The second-order valence-corrected chi connectivity index (χ2v) is 7.94. The molecule has 1 saturated heterocycles. The number of rotatable bonds is 5. The summed E-state index contributed by atoms with van der Waals surface area (Å²) in [6.07, 6.45) is 6.66. The Morgan fingerprint density at radius 1 is 1.12 bits per heavy atom. The predicted molar refractivity (Wildman–Crippen MR) is 102 cm³/mol. The highest BCUT2D eigenvalue weighted by Crippen LogP contribution is 2.38. The molecular weight excluding hydrogens is 355 g/mol. The van der Waals surface area contributed by atoms with E-state index in [1.165, 1.54) is 19.3 Å². The van der Waals surface area contributed by atoms with Crippen LogP contribution >= 0.6 is 23.2 Å². The maximum atomic E-state index is 6.12. The molecule has 0 radical (unpaired) electrons. The van der Waals surface area contributed by atoms with Gasteiger partial charge in [-0.25, -0.2) is 9.97 Å². The molecule has 1 atom stereocenters. The zero-order chi connectivity index (χ0) is 17.2. The van der Waals surface area contributed by atoms with Crippen molar-refractivity contribution < 1.29 is 0 Å². The predicted octanol–water partition coefficient (Wildman–Crippen LogP) is 4.74. The van der Waals surface area contributed by atoms with Crippen LogP contribution in [-0.2, 0) is 6.54 Å². The molecule has 2 heterocycles. The average Bonchev–Trinajstić information content (AvgIpc) is 3.39. The van der Waals surface area contributed by atoms with Gasteiger partial charge in [0.15, 0.2) is 0 Å². The van der Waals surface area contributed by atoms with Gasteiger partial charge >= 0.3 is 0 Å². The van der Waals surface area contributed by atoms with Crippen molar-refractivity contribution in [3.63, 3.8) is 0 Å². The van der Waals surface area contributed by atoms with Crippen LogP contribution in [-0.4, -0.2) is 34.0 Å². The number of piperidine rings is 1. The largest absolute Gasteiger partial charge is 0.366 e. The highest BCUT2D eigenvalue weighted by molar-refractivity contribution is 6.34. The number of hydrogen-bond donors (Lipinski definition) is 1. The van der Waals surface area contributed by atoms with E-state index in [4.69, 9.17) is 23.2 Å². The molecule has 4 nitrogen and oxygen atoms in total. The van der Waals surface area contributed by atoms with Crippen LogP contribution in [0.3, 0.4) is 0 Å². The molecule has 1 aromatic carbocycles. The minimum atomic E-state index is 0.408. The fourth-order valence-electron chi connectivity index (χ4n) is 3.48. The van der Waals surface area contributed by atoms with E-state index in [1.54, 1.807) is 6.07 Å². The monoisotopic (exact) mass is 376 g/mol. The molecule has 4 rings (SSSR count). The molecule has 0 bridgehead atoms. The van der Waals surface area contributed by atoms with Gasteiger partial charge in [0.1, 0.15) is 11.6 Å². The summed E-state index contributed by atoms with van der Waals surface area (Å²) >= 11 is 12.2. The summed E-state index contributed by atoms with van der Waals surface area (Å²) in [4.78, 5) is 11.5. The van der Waals surface area contributed by atoms with Crippen molar-refractivity contribution >= 4 is 29.0 Å². The Balaban J connectivity index is 1.38. The number of halogens is 2. The first-order valence-corrected chi connectivity index (χ1v) is 9.68. The molecule has 132 valence electrons. The van der Waals surface area contributed by atoms with Gasteiger partial charge < -0.3 is 5.32 Å². The smallest absolute Gasteiger partial charge is 0.133 e. The number of nitrogens with one attached hydrogen (secondary N) is 1. The van der Waals surface area contributed by atoms with Crippen LogP contribution in [0.25, 0.3) is 0 Å². The van der Waals surface area contributed by atoms with E-state index >= 15 is 0 Å². The normalized spacial score (nSPS) is 21.3. The fraction of sp³-hybridized carbons (Fsp3) is 0.474. The Morgan fingerprint density at radius 3 is 2.68 bits per heavy atom. The van der Waals surface area contributed by atoms with Crippen LogP contribution in [0.15, 0.2) is 30.5 Å². The zero-order valence-corrected chi connectivity index (χ0v) is 15.6. The number of aromatic nitrogens is 2. The summed E-state index contributed by atoms with van der Waals surface area (Å²) in [5, 5.41) is 4.99. The van der Waals surface area contributed by atoms with Gasteiger partial charge in [0.05, 0.1) is 0 Å². The van der Waals surface area contributed by atoms with Gasteiger partial charge in [0.25, 0.3) is 0 Å². The SMILES string of the molecule is Clc1cc(Cl)cc(CN2CCCC(Nc3ccnc(C4CC4)n3)C2)c1. The Hall–Kier alpha value is -1.36. The van der Waals surface area contributed by atoms with E-state index in [1.807, 2.05) is 24.4 Å². The molecular formula is C19H22Cl2N4. The third kappa shape index (κ3) is 4.63. The molecule has 2 fully saturated rings. The summed E-state index contributed by atoms with van der Waals surface area (Å²) in [6, 6.07) is 8.15. The van der Waals surface area contributed by atoms with Crippen LogP contribution in [0.1, 0.15) is 43.0 Å². The quantitative estimate of drug-likeness (QED) is 0.817. The number of nitrogens with zero attached hydrogens (tertiary/aromatic N) is 3. The molecule has 1 aliphatic carbocycles. The first-order chi connectivity index (χ1) is 12.2. The van der Waals surface area contributed by atoms with E-state index in [2.05, 4.69) is 20.2 Å². The second kappa shape index (κ2) is 7.48. The Kier molecular flexibility index (Phi) is 5.11. The number of hydrogen-bond acceptors (Lipinski definition) is 4. The van der Waals surface area contributed by atoms with Gasteiger partial charge in [-0.1, -0.05) is 23.2 Å². The summed E-state index contributed by atoms with van der Waals surface area (Å²) in [5.41, 5.74) is 1.16. The van der Waals surface area contributed by atoms with Gasteiger partial charge in [0.2, 0.25) is 0 Å². The van der Waals surface area contributed by atoms with E-state index < -0.39 is 0 Å². The minimum absolute atomic E-state index is 0.408. The molecule has 2 aliphatic rings. The molecule has 25 heavy (non-hydrogen) atoms. The lowest BCUT2D eigenvalue weighted by Crippen LogP contribution is -2.41. The van der Waals surface area contributed by atoms with Gasteiger partial charge in [-0.2, -0.15) is 0 Å². The summed E-state index contributed by atoms with van der Waals surface area (Å²) in [5.74, 6) is 2.53.